The van der Waals surface area contributed by atoms with Gasteiger partial charge in [-0.25, -0.2) is 9.07 Å². The monoisotopic (exact) mass is 447 g/mol. The Kier molecular flexibility index (Phi) is 6.59. The molecule has 0 aliphatic rings. The van der Waals surface area contributed by atoms with Crippen LogP contribution >= 0.6 is 15.9 Å². The van der Waals surface area contributed by atoms with Crippen LogP contribution in [0.25, 0.3) is 0 Å². The molecule has 0 radical (unpaired) electrons. The quantitative estimate of drug-likeness (QED) is 0.500. The van der Waals surface area contributed by atoms with Gasteiger partial charge < -0.3 is 14.8 Å². The Bertz CT molecular complexity index is 946. The highest BCUT2D eigenvalue weighted by atomic mass is 79.9. The fourth-order valence-electron chi connectivity index (χ4n) is 2.51. The Hall–Kier alpha value is -2.94. The van der Waals surface area contributed by atoms with Gasteiger partial charge >= 0.3 is 0 Å². The number of rotatable bonds is 9. The Labute approximate surface area is 170 Å². The van der Waals surface area contributed by atoms with Crippen LogP contribution in [0.1, 0.15) is 11.1 Å². The number of benzene rings is 2. The van der Waals surface area contributed by atoms with E-state index >= 15 is 0 Å². The molecule has 1 N–H and O–H groups in total. The first kappa shape index (κ1) is 19.8. The number of anilines is 1. The van der Waals surface area contributed by atoms with Crippen molar-refractivity contribution < 1.29 is 13.9 Å². The number of allylic oxidation sites excluding steroid dienone is 1. The van der Waals surface area contributed by atoms with Gasteiger partial charge in [0.1, 0.15) is 12.4 Å². The SMILES string of the molecule is C=CCn1nnnc1NCc1cc(Br)c(OCc2ccc(F)cc2)c(OC)c1. The van der Waals surface area contributed by atoms with Crippen LogP contribution in [0.4, 0.5) is 10.3 Å². The van der Waals surface area contributed by atoms with Crippen LogP contribution in [0.3, 0.4) is 0 Å². The van der Waals surface area contributed by atoms with Crippen molar-refractivity contribution in [1.29, 1.82) is 0 Å². The zero-order valence-electron chi connectivity index (χ0n) is 15.2. The average Bonchev–Trinajstić information content (AvgIpc) is 3.14. The minimum atomic E-state index is -0.279. The van der Waals surface area contributed by atoms with Crippen molar-refractivity contribution in [3.8, 4) is 11.5 Å². The van der Waals surface area contributed by atoms with E-state index < -0.39 is 0 Å². The lowest BCUT2D eigenvalue weighted by Gasteiger charge is -2.15. The summed E-state index contributed by atoms with van der Waals surface area (Å²) in [4.78, 5) is 0. The smallest absolute Gasteiger partial charge is 0.243 e. The van der Waals surface area contributed by atoms with Crippen molar-refractivity contribution in [3.05, 3.63) is 70.5 Å². The predicted molar refractivity (Wildman–Crippen MR) is 107 cm³/mol. The fourth-order valence-corrected chi connectivity index (χ4v) is 3.11. The van der Waals surface area contributed by atoms with Crippen molar-refractivity contribution in [1.82, 2.24) is 20.2 Å². The molecule has 2 aromatic carbocycles. The lowest BCUT2D eigenvalue weighted by molar-refractivity contribution is 0.282. The second-order valence-corrected chi connectivity index (χ2v) is 6.71. The first-order chi connectivity index (χ1) is 13.6. The van der Waals surface area contributed by atoms with Crippen LogP contribution in [0, 0.1) is 5.82 Å². The lowest BCUT2D eigenvalue weighted by Crippen LogP contribution is -2.08. The van der Waals surface area contributed by atoms with Crippen LogP contribution in [-0.4, -0.2) is 27.3 Å². The summed E-state index contributed by atoms with van der Waals surface area (Å²) >= 11 is 3.53. The summed E-state index contributed by atoms with van der Waals surface area (Å²) in [6.07, 6.45) is 1.72. The van der Waals surface area contributed by atoms with Gasteiger partial charge in [0.2, 0.25) is 5.95 Å². The van der Waals surface area contributed by atoms with E-state index in [2.05, 4.69) is 43.4 Å². The normalized spacial score (nSPS) is 10.5. The minimum absolute atomic E-state index is 0.279. The summed E-state index contributed by atoms with van der Waals surface area (Å²) in [6, 6.07) is 9.97. The second-order valence-electron chi connectivity index (χ2n) is 5.85. The summed E-state index contributed by atoms with van der Waals surface area (Å²) in [5.41, 5.74) is 1.81. The highest BCUT2D eigenvalue weighted by Crippen LogP contribution is 2.37. The zero-order valence-corrected chi connectivity index (χ0v) is 16.8. The van der Waals surface area contributed by atoms with Crippen molar-refractivity contribution in [2.24, 2.45) is 0 Å². The second kappa shape index (κ2) is 9.32. The molecule has 146 valence electrons. The van der Waals surface area contributed by atoms with E-state index in [1.54, 1.807) is 30.0 Å². The fraction of sp³-hybridized carbons (Fsp3) is 0.211. The number of hydrogen-bond donors (Lipinski definition) is 1. The summed E-state index contributed by atoms with van der Waals surface area (Å²) in [5, 5.41) is 14.7. The summed E-state index contributed by atoms with van der Waals surface area (Å²) in [6.45, 7) is 4.98. The molecule has 9 heteroatoms. The molecule has 0 unspecified atom stereocenters. The van der Waals surface area contributed by atoms with Gasteiger partial charge in [0.25, 0.3) is 0 Å². The standard InChI is InChI=1S/C19H19BrFN5O2/c1-3-8-26-19(23-24-25-26)22-11-14-9-16(20)18(17(10-14)27-2)28-12-13-4-6-15(21)7-5-13/h3-7,9-10H,1,8,11-12H2,2H3,(H,22,23,25). The third-order valence-corrected chi connectivity index (χ3v) is 4.46. The van der Waals surface area contributed by atoms with E-state index in [-0.39, 0.29) is 5.82 Å². The molecule has 1 aromatic heterocycles. The maximum atomic E-state index is 13.0. The predicted octanol–water partition coefficient (Wildman–Crippen LogP) is 3.96. The van der Waals surface area contributed by atoms with Gasteiger partial charge in [-0.2, -0.15) is 0 Å². The van der Waals surface area contributed by atoms with E-state index in [4.69, 9.17) is 9.47 Å². The molecule has 0 saturated heterocycles. The van der Waals surface area contributed by atoms with E-state index in [1.807, 2.05) is 12.1 Å². The first-order valence-corrected chi connectivity index (χ1v) is 9.24. The largest absolute Gasteiger partial charge is 0.493 e. The van der Waals surface area contributed by atoms with E-state index in [1.165, 1.54) is 12.1 Å². The van der Waals surface area contributed by atoms with Crippen LogP contribution in [0.15, 0.2) is 53.5 Å². The van der Waals surface area contributed by atoms with Gasteiger partial charge in [-0.1, -0.05) is 23.3 Å². The maximum Gasteiger partial charge on any atom is 0.243 e. The van der Waals surface area contributed by atoms with Crippen molar-refractivity contribution in [2.75, 3.05) is 12.4 Å². The van der Waals surface area contributed by atoms with Crippen molar-refractivity contribution >= 4 is 21.9 Å². The van der Waals surface area contributed by atoms with Crippen LogP contribution in [-0.2, 0) is 19.7 Å². The Balaban J connectivity index is 1.70. The highest BCUT2D eigenvalue weighted by molar-refractivity contribution is 9.10. The van der Waals surface area contributed by atoms with Gasteiger partial charge in [-0.3, -0.25) is 0 Å². The number of ether oxygens (including phenoxy) is 2. The average molecular weight is 448 g/mol. The van der Waals surface area contributed by atoms with Crippen molar-refractivity contribution in [2.45, 2.75) is 19.7 Å². The third kappa shape index (κ3) is 4.86. The summed E-state index contributed by atoms with van der Waals surface area (Å²) in [5.74, 6) is 1.43. The Morgan fingerprint density at radius 1 is 1.25 bits per heavy atom. The van der Waals surface area contributed by atoms with Crippen LogP contribution in [0.5, 0.6) is 11.5 Å². The van der Waals surface area contributed by atoms with E-state index in [9.17, 15) is 4.39 Å². The molecular weight excluding hydrogens is 429 g/mol. The molecule has 3 rings (SSSR count). The number of hydrogen-bond acceptors (Lipinski definition) is 6. The topological polar surface area (TPSA) is 74.1 Å². The molecule has 0 saturated carbocycles. The number of tetrazole rings is 1. The first-order valence-electron chi connectivity index (χ1n) is 8.45. The van der Waals surface area contributed by atoms with Crippen molar-refractivity contribution in [3.63, 3.8) is 0 Å². The van der Waals surface area contributed by atoms with Gasteiger partial charge in [-0.15, -0.1) is 6.58 Å². The number of methoxy groups -OCH3 is 1. The minimum Gasteiger partial charge on any atom is -0.493 e. The third-order valence-electron chi connectivity index (χ3n) is 3.87. The lowest BCUT2D eigenvalue weighted by atomic mass is 10.2. The molecule has 0 bridgehead atoms. The molecule has 0 aliphatic carbocycles. The molecule has 0 fully saturated rings. The number of nitrogens with zero attached hydrogens (tertiary/aromatic N) is 4. The molecule has 0 spiro atoms. The highest BCUT2D eigenvalue weighted by Gasteiger charge is 2.13. The number of halogens is 2. The van der Waals surface area contributed by atoms with Crippen LogP contribution in [0.2, 0.25) is 0 Å². The molecule has 0 amide bonds. The molecule has 0 aliphatic heterocycles. The Morgan fingerprint density at radius 3 is 2.75 bits per heavy atom. The van der Waals surface area contributed by atoms with Gasteiger partial charge in [0, 0.05) is 6.54 Å². The summed E-state index contributed by atoms with van der Waals surface area (Å²) < 4.78 is 26.7. The van der Waals surface area contributed by atoms with Gasteiger partial charge in [0.05, 0.1) is 18.1 Å². The number of aromatic nitrogens is 4. The maximum absolute atomic E-state index is 13.0. The molecule has 28 heavy (non-hydrogen) atoms. The van der Waals surface area contributed by atoms with Crippen LogP contribution < -0.4 is 14.8 Å². The molecule has 7 nitrogen and oxygen atoms in total. The Morgan fingerprint density at radius 2 is 2.04 bits per heavy atom. The van der Waals surface area contributed by atoms with Gasteiger partial charge in [-0.05, 0) is 61.7 Å². The van der Waals surface area contributed by atoms with E-state index in [0.717, 1.165) is 15.6 Å². The molecule has 1 heterocycles. The molecule has 0 atom stereocenters. The number of nitrogens with one attached hydrogen (secondary N) is 1. The van der Waals surface area contributed by atoms with Gasteiger partial charge in [0.15, 0.2) is 11.5 Å². The molecular formula is C19H19BrFN5O2. The summed E-state index contributed by atoms with van der Waals surface area (Å²) in [7, 11) is 1.58. The zero-order chi connectivity index (χ0) is 19.9. The van der Waals surface area contributed by atoms with E-state index in [0.29, 0.717) is 37.1 Å². The molecule has 3 aromatic rings.